The van der Waals surface area contributed by atoms with E-state index in [0.717, 1.165) is 27.8 Å². The molecule has 1 aliphatic rings. The summed E-state index contributed by atoms with van der Waals surface area (Å²) in [5, 5.41) is -0.586. The molecule has 20 heavy (non-hydrogen) atoms. The first-order valence-electron chi connectivity index (χ1n) is 6.11. The molecule has 0 fully saturated rings. The van der Waals surface area contributed by atoms with Crippen molar-refractivity contribution in [1.82, 2.24) is 0 Å². The van der Waals surface area contributed by atoms with Crippen molar-refractivity contribution in [3.8, 4) is 5.75 Å². The molecule has 1 nitrogen and oxygen atoms in total. The standard InChI is InChI=1S/C15H10Br2ClFO/c16-9-6-8-4-5-20-15(8)11(7-9)13(18)10-2-1-3-12(17)14(10)19/h1-3,6-7,13H,4-5H2. The van der Waals surface area contributed by atoms with Crippen LogP contribution in [0, 0.1) is 5.82 Å². The van der Waals surface area contributed by atoms with Crippen molar-refractivity contribution in [1.29, 1.82) is 0 Å². The summed E-state index contributed by atoms with van der Waals surface area (Å²) in [4.78, 5) is 0. The summed E-state index contributed by atoms with van der Waals surface area (Å²) in [7, 11) is 0. The van der Waals surface area contributed by atoms with Crippen molar-refractivity contribution in [3.63, 3.8) is 0 Å². The quantitative estimate of drug-likeness (QED) is 0.574. The van der Waals surface area contributed by atoms with Crippen molar-refractivity contribution in [2.24, 2.45) is 0 Å². The van der Waals surface area contributed by atoms with E-state index in [1.54, 1.807) is 18.2 Å². The van der Waals surface area contributed by atoms with Gasteiger partial charge in [0.2, 0.25) is 0 Å². The monoisotopic (exact) mass is 418 g/mol. The zero-order valence-electron chi connectivity index (χ0n) is 10.3. The zero-order valence-corrected chi connectivity index (χ0v) is 14.2. The summed E-state index contributed by atoms with van der Waals surface area (Å²) in [6.45, 7) is 0.642. The van der Waals surface area contributed by atoms with Gasteiger partial charge in [0.25, 0.3) is 0 Å². The topological polar surface area (TPSA) is 9.23 Å². The summed E-state index contributed by atoms with van der Waals surface area (Å²) >= 11 is 13.2. The number of halogens is 4. The second-order valence-electron chi connectivity index (χ2n) is 4.59. The molecule has 2 aromatic carbocycles. The molecule has 1 atom stereocenters. The molecule has 0 aliphatic carbocycles. The fraction of sp³-hybridized carbons (Fsp3) is 0.200. The SMILES string of the molecule is Fc1c(Br)cccc1C(Cl)c1cc(Br)cc2c1OCC2. The van der Waals surface area contributed by atoms with Gasteiger partial charge in [0.05, 0.1) is 16.5 Å². The fourth-order valence-corrected chi connectivity index (χ4v) is 3.61. The van der Waals surface area contributed by atoms with Crippen LogP contribution in [0.25, 0.3) is 0 Å². The highest BCUT2D eigenvalue weighted by atomic mass is 79.9. The first kappa shape index (κ1) is 14.4. The number of hydrogen-bond donors (Lipinski definition) is 0. The van der Waals surface area contributed by atoms with E-state index < -0.39 is 5.38 Å². The lowest BCUT2D eigenvalue weighted by molar-refractivity contribution is 0.353. The minimum Gasteiger partial charge on any atom is -0.493 e. The third-order valence-electron chi connectivity index (χ3n) is 3.30. The molecule has 0 radical (unpaired) electrons. The molecule has 5 heteroatoms. The van der Waals surface area contributed by atoms with Gasteiger partial charge in [-0.2, -0.15) is 0 Å². The van der Waals surface area contributed by atoms with Crippen LogP contribution in [-0.2, 0) is 6.42 Å². The smallest absolute Gasteiger partial charge is 0.142 e. The highest BCUT2D eigenvalue weighted by molar-refractivity contribution is 9.10. The van der Waals surface area contributed by atoms with Gasteiger partial charge in [0.15, 0.2) is 0 Å². The van der Waals surface area contributed by atoms with E-state index >= 15 is 0 Å². The largest absolute Gasteiger partial charge is 0.493 e. The second kappa shape index (κ2) is 5.66. The molecule has 1 aliphatic heterocycles. The van der Waals surface area contributed by atoms with Gasteiger partial charge in [0.1, 0.15) is 11.6 Å². The lowest BCUT2D eigenvalue weighted by atomic mass is 10.0. The molecule has 0 amide bonds. The van der Waals surface area contributed by atoms with E-state index in [1.165, 1.54) is 0 Å². The third kappa shape index (κ3) is 2.49. The van der Waals surface area contributed by atoms with E-state index in [9.17, 15) is 4.39 Å². The van der Waals surface area contributed by atoms with Gasteiger partial charge in [-0.3, -0.25) is 0 Å². The lowest BCUT2D eigenvalue weighted by Crippen LogP contribution is -2.00. The molecule has 1 heterocycles. The maximum atomic E-state index is 14.2. The molecule has 2 aromatic rings. The normalized spacial score (nSPS) is 14.8. The lowest BCUT2D eigenvalue weighted by Gasteiger charge is -2.16. The Bertz CT molecular complexity index is 675. The predicted molar refractivity (Wildman–Crippen MR) is 85.1 cm³/mol. The second-order valence-corrected chi connectivity index (χ2v) is 6.79. The molecule has 0 spiro atoms. The van der Waals surface area contributed by atoms with Crippen LogP contribution in [0.3, 0.4) is 0 Å². The van der Waals surface area contributed by atoms with E-state index in [1.807, 2.05) is 12.1 Å². The van der Waals surface area contributed by atoms with Crippen LogP contribution < -0.4 is 4.74 Å². The van der Waals surface area contributed by atoms with Crippen LogP contribution in [0.2, 0.25) is 0 Å². The van der Waals surface area contributed by atoms with Crippen LogP contribution in [0.1, 0.15) is 22.1 Å². The Kier molecular flexibility index (Phi) is 4.07. The number of benzene rings is 2. The summed E-state index contributed by atoms with van der Waals surface area (Å²) in [6.07, 6.45) is 0.854. The van der Waals surface area contributed by atoms with Gasteiger partial charge in [-0.05, 0) is 39.7 Å². The van der Waals surface area contributed by atoms with Gasteiger partial charge in [-0.15, -0.1) is 11.6 Å². The molecule has 0 N–H and O–H groups in total. The van der Waals surface area contributed by atoms with Gasteiger partial charge < -0.3 is 4.74 Å². The molecular formula is C15H10Br2ClFO. The molecule has 0 saturated carbocycles. The molecule has 1 unspecified atom stereocenters. The summed E-state index contributed by atoms with van der Waals surface area (Å²) in [6, 6.07) is 9.04. The highest BCUT2D eigenvalue weighted by Crippen LogP contribution is 2.42. The van der Waals surface area contributed by atoms with Gasteiger partial charge >= 0.3 is 0 Å². The third-order valence-corrected chi connectivity index (χ3v) is 4.85. The molecule has 0 bridgehead atoms. The van der Waals surface area contributed by atoms with Crippen molar-refractivity contribution in [2.45, 2.75) is 11.8 Å². The van der Waals surface area contributed by atoms with E-state index in [4.69, 9.17) is 16.3 Å². The van der Waals surface area contributed by atoms with E-state index in [-0.39, 0.29) is 5.82 Å². The molecule has 0 aromatic heterocycles. The summed E-state index contributed by atoms with van der Waals surface area (Å²) < 4.78 is 21.2. The first-order chi connectivity index (χ1) is 9.58. The first-order valence-corrected chi connectivity index (χ1v) is 8.13. The molecule has 0 saturated heterocycles. The molecular weight excluding hydrogens is 410 g/mol. The van der Waals surface area contributed by atoms with Gasteiger partial charge in [0, 0.05) is 22.0 Å². The van der Waals surface area contributed by atoms with Crippen LogP contribution in [-0.4, -0.2) is 6.61 Å². The average Bonchev–Trinajstić information content (AvgIpc) is 2.88. The number of rotatable bonds is 2. The number of ether oxygens (including phenoxy) is 1. The van der Waals surface area contributed by atoms with E-state index in [0.29, 0.717) is 16.6 Å². The minimum absolute atomic E-state index is 0.334. The number of alkyl halides is 1. The molecule has 104 valence electrons. The summed E-state index contributed by atoms with van der Waals surface area (Å²) in [5.41, 5.74) is 2.35. The minimum atomic E-state index is -0.586. The Balaban J connectivity index is 2.11. The maximum Gasteiger partial charge on any atom is 0.142 e. The van der Waals surface area contributed by atoms with Crippen LogP contribution in [0.5, 0.6) is 5.75 Å². The predicted octanol–water partition coefficient (Wildman–Crippen LogP) is 5.61. The van der Waals surface area contributed by atoms with Crippen molar-refractivity contribution in [2.75, 3.05) is 6.61 Å². The van der Waals surface area contributed by atoms with Crippen molar-refractivity contribution < 1.29 is 9.13 Å². The van der Waals surface area contributed by atoms with Crippen LogP contribution in [0.15, 0.2) is 39.3 Å². The van der Waals surface area contributed by atoms with E-state index in [2.05, 4.69) is 31.9 Å². The Hall–Kier alpha value is -0.580. The number of hydrogen-bond acceptors (Lipinski definition) is 1. The Labute approximate surface area is 138 Å². The van der Waals surface area contributed by atoms with Crippen LogP contribution in [0.4, 0.5) is 4.39 Å². The fourth-order valence-electron chi connectivity index (χ4n) is 2.37. The Morgan fingerprint density at radius 2 is 2.00 bits per heavy atom. The van der Waals surface area contributed by atoms with Gasteiger partial charge in [-0.25, -0.2) is 4.39 Å². The molecule has 3 rings (SSSR count). The average molecular weight is 421 g/mol. The van der Waals surface area contributed by atoms with Crippen molar-refractivity contribution in [3.05, 3.63) is 61.8 Å². The summed E-state index contributed by atoms with van der Waals surface area (Å²) in [5.74, 6) is 0.451. The Morgan fingerprint density at radius 1 is 1.20 bits per heavy atom. The highest BCUT2D eigenvalue weighted by Gasteiger charge is 2.25. The maximum absolute atomic E-state index is 14.2. The van der Waals surface area contributed by atoms with Crippen molar-refractivity contribution >= 4 is 43.5 Å². The number of fused-ring (bicyclic) bond motifs is 1. The van der Waals surface area contributed by atoms with Crippen LogP contribution >= 0.6 is 43.5 Å². The Morgan fingerprint density at radius 3 is 2.80 bits per heavy atom. The van der Waals surface area contributed by atoms with Gasteiger partial charge in [-0.1, -0.05) is 28.1 Å². The zero-order chi connectivity index (χ0) is 14.3.